The fourth-order valence-electron chi connectivity index (χ4n) is 4.93. The molecule has 208 valence electrons. The zero-order valence-corrected chi connectivity index (χ0v) is 23.4. The van der Waals surface area contributed by atoms with Gasteiger partial charge in [0.2, 0.25) is 6.79 Å². The maximum Gasteiger partial charge on any atom is 0.338 e. The molecule has 0 bridgehead atoms. The molecular weight excluding hydrogens is 544 g/mol. The third-order valence-corrected chi connectivity index (χ3v) is 7.77. The van der Waals surface area contributed by atoms with Crippen molar-refractivity contribution in [1.29, 1.82) is 0 Å². The Morgan fingerprint density at radius 3 is 2.56 bits per heavy atom. The summed E-state index contributed by atoms with van der Waals surface area (Å²) in [5.74, 6) is 1.71. The van der Waals surface area contributed by atoms with E-state index in [0.29, 0.717) is 43.6 Å². The van der Waals surface area contributed by atoms with Crippen LogP contribution in [0.15, 0.2) is 82.1 Å². The molecule has 1 atom stereocenters. The molecule has 0 fully saturated rings. The molecule has 41 heavy (non-hydrogen) atoms. The van der Waals surface area contributed by atoms with E-state index in [1.54, 1.807) is 36.8 Å². The largest absolute Gasteiger partial charge is 0.493 e. The van der Waals surface area contributed by atoms with E-state index in [4.69, 9.17) is 28.7 Å². The van der Waals surface area contributed by atoms with Gasteiger partial charge in [-0.1, -0.05) is 53.8 Å². The Kier molecular flexibility index (Phi) is 7.07. The molecule has 9 nitrogen and oxygen atoms in total. The first kappa shape index (κ1) is 26.4. The van der Waals surface area contributed by atoms with Crippen LogP contribution < -0.4 is 33.8 Å². The van der Waals surface area contributed by atoms with Crippen LogP contribution in [0.3, 0.4) is 0 Å². The van der Waals surface area contributed by atoms with Crippen molar-refractivity contribution in [1.82, 2.24) is 4.57 Å². The maximum absolute atomic E-state index is 14.1. The molecule has 0 N–H and O–H groups in total. The number of rotatable bonds is 7. The van der Waals surface area contributed by atoms with E-state index in [-0.39, 0.29) is 24.5 Å². The normalized spacial score (nSPS) is 15.8. The first-order valence-electron chi connectivity index (χ1n) is 12.9. The molecule has 3 aromatic carbocycles. The number of ether oxygens (including phenoxy) is 5. The molecule has 0 radical (unpaired) electrons. The topological polar surface area (TPSA) is 97.6 Å². The van der Waals surface area contributed by atoms with E-state index in [0.717, 1.165) is 11.1 Å². The molecule has 6 rings (SSSR count). The Morgan fingerprint density at radius 2 is 1.80 bits per heavy atom. The van der Waals surface area contributed by atoms with Crippen LogP contribution in [0.5, 0.6) is 23.0 Å². The lowest BCUT2D eigenvalue weighted by Gasteiger charge is -2.26. The Hall–Kier alpha value is -4.83. The summed E-state index contributed by atoms with van der Waals surface area (Å²) in [7, 11) is 3.09. The fourth-order valence-corrected chi connectivity index (χ4v) is 5.93. The number of carbonyl (C=O) groups excluding carboxylic acids is 1. The second-order valence-corrected chi connectivity index (χ2v) is 10.2. The molecule has 4 aromatic rings. The second-order valence-electron chi connectivity index (χ2n) is 9.16. The standard InChI is InChI=1S/C31H26N2O7S/c1-4-38-30(35)26-27(19-8-6-5-7-9-19)32-31-33(28(26)20-11-13-21(36-2)23(16-20)37-3)29(34)25(41-31)15-18-10-12-22-24(14-18)40-17-39-22/h5-16,28H,4,17H2,1-3H3/t28-/m1/s1. The third kappa shape index (κ3) is 4.76. The van der Waals surface area contributed by atoms with Crippen molar-refractivity contribution in [2.45, 2.75) is 13.0 Å². The average molecular weight is 571 g/mol. The van der Waals surface area contributed by atoms with Gasteiger partial charge in [-0.05, 0) is 48.4 Å². The van der Waals surface area contributed by atoms with Gasteiger partial charge >= 0.3 is 5.97 Å². The highest BCUT2D eigenvalue weighted by Crippen LogP contribution is 2.38. The highest BCUT2D eigenvalue weighted by molar-refractivity contribution is 7.07. The van der Waals surface area contributed by atoms with Crippen LogP contribution in [-0.2, 0) is 9.53 Å². The maximum atomic E-state index is 14.1. The van der Waals surface area contributed by atoms with Crippen LogP contribution >= 0.6 is 11.3 Å². The molecule has 0 amide bonds. The van der Waals surface area contributed by atoms with Crippen LogP contribution in [0.25, 0.3) is 11.8 Å². The Morgan fingerprint density at radius 1 is 1.02 bits per heavy atom. The number of hydrogen-bond acceptors (Lipinski definition) is 9. The van der Waals surface area contributed by atoms with Crippen LogP contribution in [0.4, 0.5) is 0 Å². The monoisotopic (exact) mass is 570 g/mol. The van der Waals surface area contributed by atoms with Gasteiger partial charge in [-0.3, -0.25) is 9.36 Å². The van der Waals surface area contributed by atoms with Gasteiger partial charge in [0.05, 0.1) is 42.7 Å². The number of fused-ring (bicyclic) bond motifs is 2. The summed E-state index contributed by atoms with van der Waals surface area (Å²) < 4.78 is 29.5. The number of nitrogens with zero attached hydrogens (tertiary/aromatic N) is 2. The first-order chi connectivity index (χ1) is 20.0. The van der Waals surface area contributed by atoms with Crippen LogP contribution in [0.2, 0.25) is 0 Å². The lowest BCUT2D eigenvalue weighted by atomic mass is 9.93. The van der Waals surface area contributed by atoms with Gasteiger partial charge in [-0.2, -0.15) is 0 Å². The summed E-state index contributed by atoms with van der Waals surface area (Å²) in [5.41, 5.74) is 2.56. The van der Waals surface area contributed by atoms with Crippen molar-refractivity contribution in [3.63, 3.8) is 0 Å². The summed E-state index contributed by atoms with van der Waals surface area (Å²) in [6.45, 7) is 2.06. The SMILES string of the molecule is CCOC(=O)C1=C(c2ccccc2)N=c2sc(=Cc3ccc4c(c3)OCO4)c(=O)n2[C@@H]1c1ccc(OC)c(OC)c1. The van der Waals surface area contributed by atoms with Gasteiger partial charge in [0.25, 0.3) is 5.56 Å². The van der Waals surface area contributed by atoms with E-state index >= 15 is 0 Å². The van der Waals surface area contributed by atoms with Crippen molar-refractivity contribution < 1.29 is 28.5 Å². The molecule has 0 unspecified atom stereocenters. The Bertz CT molecular complexity index is 1860. The van der Waals surface area contributed by atoms with E-state index in [1.807, 2.05) is 54.6 Å². The van der Waals surface area contributed by atoms with Gasteiger partial charge < -0.3 is 23.7 Å². The molecule has 2 aliphatic heterocycles. The Balaban J connectivity index is 1.63. The molecule has 0 aliphatic carbocycles. The zero-order valence-electron chi connectivity index (χ0n) is 22.6. The zero-order chi connectivity index (χ0) is 28.5. The number of carbonyl (C=O) groups is 1. The van der Waals surface area contributed by atoms with Crippen LogP contribution in [-0.4, -0.2) is 38.2 Å². The van der Waals surface area contributed by atoms with Gasteiger partial charge in [0.1, 0.15) is 0 Å². The van der Waals surface area contributed by atoms with E-state index < -0.39 is 12.0 Å². The average Bonchev–Trinajstić information content (AvgIpc) is 3.60. The van der Waals surface area contributed by atoms with Crippen molar-refractivity contribution >= 4 is 29.1 Å². The number of aromatic nitrogens is 1. The minimum absolute atomic E-state index is 0.158. The molecular formula is C31H26N2O7S. The van der Waals surface area contributed by atoms with Crippen molar-refractivity contribution in [2.75, 3.05) is 27.6 Å². The van der Waals surface area contributed by atoms with Gasteiger partial charge in [-0.25, -0.2) is 9.79 Å². The smallest absolute Gasteiger partial charge is 0.338 e. The molecule has 1 aromatic heterocycles. The van der Waals surface area contributed by atoms with Gasteiger partial charge in [-0.15, -0.1) is 0 Å². The predicted molar refractivity (Wildman–Crippen MR) is 153 cm³/mol. The van der Waals surface area contributed by atoms with Gasteiger partial charge in [0, 0.05) is 5.56 Å². The number of methoxy groups -OCH3 is 2. The molecule has 0 saturated carbocycles. The summed E-state index contributed by atoms with van der Waals surface area (Å²) in [5, 5.41) is 0. The fraction of sp³-hybridized carbons (Fsp3) is 0.194. The van der Waals surface area contributed by atoms with Gasteiger partial charge in [0.15, 0.2) is 27.8 Å². The number of esters is 1. The number of hydrogen-bond donors (Lipinski definition) is 0. The molecule has 0 spiro atoms. The van der Waals surface area contributed by atoms with E-state index in [1.165, 1.54) is 18.4 Å². The quantitative estimate of drug-likeness (QED) is 0.313. The second kappa shape index (κ2) is 11.0. The van der Waals surface area contributed by atoms with E-state index in [9.17, 15) is 9.59 Å². The van der Waals surface area contributed by atoms with Crippen molar-refractivity contribution in [3.8, 4) is 23.0 Å². The van der Waals surface area contributed by atoms with Crippen LogP contribution in [0, 0.1) is 0 Å². The molecule has 2 aliphatic rings. The molecule has 0 saturated heterocycles. The lowest BCUT2D eigenvalue weighted by molar-refractivity contribution is -0.138. The van der Waals surface area contributed by atoms with E-state index in [2.05, 4.69) is 0 Å². The molecule has 10 heteroatoms. The lowest BCUT2D eigenvalue weighted by Crippen LogP contribution is -2.40. The summed E-state index contributed by atoms with van der Waals surface area (Å²) in [4.78, 5) is 33.0. The van der Waals surface area contributed by atoms with Crippen molar-refractivity contribution in [2.24, 2.45) is 4.99 Å². The van der Waals surface area contributed by atoms with Crippen LogP contribution in [0.1, 0.15) is 29.7 Å². The van der Waals surface area contributed by atoms with Crippen molar-refractivity contribution in [3.05, 3.63) is 109 Å². The minimum Gasteiger partial charge on any atom is -0.493 e. The number of benzene rings is 3. The summed E-state index contributed by atoms with van der Waals surface area (Å²) in [6, 6.07) is 19.4. The summed E-state index contributed by atoms with van der Waals surface area (Å²) >= 11 is 1.25. The highest BCUT2D eigenvalue weighted by Gasteiger charge is 2.35. The first-order valence-corrected chi connectivity index (χ1v) is 13.7. The third-order valence-electron chi connectivity index (χ3n) is 6.79. The predicted octanol–water partition coefficient (Wildman–Crippen LogP) is 3.68. The Labute approximate surface area is 239 Å². The summed E-state index contributed by atoms with van der Waals surface area (Å²) in [6.07, 6.45) is 1.79. The number of thiazole rings is 1. The minimum atomic E-state index is -0.834. The highest BCUT2D eigenvalue weighted by atomic mass is 32.1. The molecule has 3 heterocycles.